The Kier molecular flexibility index (Phi) is 3.04. The van der Waals surface area contributed by atoms with Gasteiger partial charge in [-0.2, -0.15) is 0 Å². The fraction of sp³-hybridized carbons (Fsp3) is 1.00. The summed E-state index contributed by atoms with van der Waals surface area (Å²) in [4.78, 5) is 0. The zero-order valence-corrected chi connectivity index (χ0v) is 8.02. The Morgan fingerprint density at radius 1 is 0.917 bits per heavy atom. The van der Waals surface area contributed by atoms with Gasteiger partial charge in [0, 0.05) is 6.04 Å². The van der Waals surface area contributed by atoms with E-state index in [2.05, 4.69) is 5.32 Å². The first-order valence-electron chi connectivity index (χ1n) is 5.68. The zero-order chi connectivity index (χ0) is 8.23. The van der Waals surface area contributed by atoms with Gasteiger partial charge in [0.15, 0.2) is 0 Å². The van der Waals surface area contributed by atoms with Crippen LogP contribution in [-0.4, -0.2) is 12.6 Å². The third-order valence-corrected chi connectivity index (χ3v) is 3.50. The first-order chi connectivity index (χ1) is 5.95. The Hall–Kier alpha value is -0.0400. The maximum absolute atomic E-state index is 3.65. The molecular formula is C11H21N. The van der Waals surface area contributed by atoms with Crippen molar-refractivity contribution in [1.82, 2.24) is 5.32 Å². The van der Waals surface area contributed by atoms with Crippen molar-refractivity contribution in [2.45, 2.75) is 57.4 Å². The average Bonchev–Trinajstić information content (AvgIpc) is 2.59. The summed E-state index contributed by atoms with van der Waals surface area (Å²) < 4.78 is 0. The molecule has 2 fully saturated rings. The van der Waals surface area contributed by atoms with Gasteiger partial charge >= 0.3 is 0 Å². The molecule has 2 rings (SSSR count). The molecule has 1 heterocycles. The zero-order valence-electron chi connectivity index (χ0n) is 8.02. The van der Waals surface area contributed by atoms with Crippen LogP contribution in [-0.2, 0) is 0 Å². The van der Waals surface area contributed by atoms with Crippen LogP contribution >= 0.6 is 0 Å². The van der Waals surface area contributed by atoms with Crippen LogP contribution in [0.15, 0.2) is 0 Å². The van der Waals surface area contributed by atoms with Gasteiger partial charge < -0.3 is 5.32 Å². The van der Waals surface area contributed by atoms with Crippen molar-refractivity contribution in [3.05, 3.63) is 0 Å². The quantitative estimate of drug-likeness (QED) is 0.667. The molecule has 1 heteroatoms. The first-order valence-corrected chi connectivity index (χ1v) is 5.68. The molecule has 0 aromatic heterocycles. The van der Waals surface area contributed by atoms with E-state index in [4.69, 9.17) is 0 Å². The highest BCUT2D eigenvalue weighted by Crippen LogP contribution is 2.30. The standard InChI is InChI=1S/C11H21N/c1-2-6-10(5-1)9-11-7-3-4-8-12-11/h10-12H,1-9H2/t11-/m0/s1. The summed E-state index contributed by atoms with van der Waals surface area (Å²) in [5.74, 6) is 1.07. The molecule has 0 aromatic rings. The van der Waals surface area contributed by atoms with E-state index in [9.17, 15) is 0 Å². The molecule has 1 saturated carbocycles. The molecule has 1 saturated heterocycles. The van der Waals surface area contributed by atoms with Gasteiger partial charge in [-0.3, -0.25) is 0 Å². The first kappa shape index (κ1) is 8.55. The van der Waals surface area contributed by atoms with Gasteiger partial charge in [0.25, 0.3) is 0 Å². The van der Waals surface area contributed by atoms with Gasteiger partial charge in [-0.1, -0.05) is 32.1 Å². The maximum Gasteiger partial charge on any atom is 0.00697 e. The van der Waals surface area contributed by atoms with Crippen LogP contribution in [0.5, 0.6) is 0 Å². The molecule has 12 heavy (non-hydrogen) atoms. The molecule has 0 spiro atoms. The summed E-state index contributed by atoms with van der Waals surface area (Å²) in [6, 6.07) is 0.877. The SMILES string of the molecule is C1CC[C@@H](CC2CCCC2)NC1. The van der Waals surface area contributed by atoms with E-state index in [1.807, 2.05) is 0 Å². The topological polar surface area (TPSA) is 12.0 Å². The molecule has 1 nitrogen and oxygen atoms in total. The molecule has 1 atom stereocenters. The highest BCUT2D eigenvalue weighted by molar-refractivity contribution is 4.78. The third-order valence-electron chi connectivity index (χ3n) is 3.50. The molecule has 1 aliphatic carbocycles. The number of piperidine rings is 1. The van der Waals surface area contributed by atoms with Crippen molar-refractivity contribution < 1.29 is 0 Å². The fourth-order valence-corrected chi connectivity index (χ4v) is 2.77. The largest absolute Gasteiger partial charge is 0.314 e. The van der Waals surface area contributed by atoms with Crippen LogP contribution in [0.3, 0.4) is 0 Å². The minimum Gasteiger partial charge on any atom is -0.314 e. The van der Waals surface area contributed by atoms with Crippen LogP contribution in [0.1, 0.15) is 51.4 Å². The van der Waals surface area contributed by atoms with Gasteiger partial charge in [0.2, 0.25) is 0 Å². The molecule has 1 aliphatic heterocycles. The minimum absolute atomic E-state index is 0.877. The highest BCUT2D eigenvalue weighted by atomic mass is 14.9. The van der Waals surface area contributed by atoms with E-state index < -0.39 is 0 Å². The van der Waals surface area contributed by atoms with Crippen molar-refractivity contribution in [3.63, 3.8) is 0 Å². The molecule has 2 aliphatic rings. The molecule has 0 unspecified atom stereocenters. The van der Waals surface area contributed by atoms with Crippen molar-refractivity contribution in [3.8, 4) is 0 Å². The van der Waals surface area contributed by atoms with Gasteiger partial charge in [0.1, 0.15) is 0 Å². The lowest BCUT2D eigenvalue weighted by Crippen LogP contribution is -2.35. The van der Waals surface area contributed by atoms with Crippen LogP contribution in [0.2, 0.25) is 0 Å². The van der Waals surface area contributed by atoms with Gasteiger partial charge in [-0.15, -0.1) is 0 Å². The molecule has 70 valence electrons. The predicted molar refractivity (Wildman–Crippen MR) is 52.2 cm³/mol. The second kappa shape index (κ2) is 4.27. The van der Waals surface area contributed by atoms with Crippen LogP contribution in [0, 0.1) is 5.92 Å². The Morgan fingerprint density at radius 3 is 2.33 bits per heavy atom. The summed E-state index contributed by atoms with van der Waals surface area (Å²) in [6.45, 7) is 1.28. The van der Waals surface area contributed by atoms with Crippen molar-refractivity contribution in [2.24, 2.45) is 5.92 Å². The van der Waals surface area contributed by atoms with E-state index in [-0.39, 0.29) is 0 Å². The van der Waals surface area contributed by atoms with Gasteiger partial charge in [0.05, 0.1) is 0 Å². The minimum atomic E-state index is 0.877. The maximum atomic E-state index is 3.65. The van der Waals surface area contributed by atoms with E-state index in [1.54, 1.807) is 0 Å². The van der Waals surface area contributed by atoms with E-state index in [0.717, 1.165) is 12.0 Å². The summed E-state index contributed by atoms with van der Waals surface area (Å²) in [6.07, 6.45) is 11.8. The summed E-state index contributed by atoms with van der Waals surface area (Å²) in [5, 5.41) is 3.65. The molecule has 0 bridgehead atoms. The third kappa shape index (κ3) is 2.22. The predicted octanol–water partition coefficient (Wildman–Crippen LogP) is 2.71. The van der Waals surface area contributed by atoms with E-state index >= 15 is 0 Å². The molecule has 1 N–H and O–H groups in total. The lowest BCUT2D eigenvalue weighted by atomic mass is 9.93. The summed E-state index contributed by atoms with van der Waals surface area (Å²) in [5.41, 5.74) is 0. The number of hydrogen-bond donors (Lipinski definition) is 1. The van der Waals surface area contributed by atoms with Crippen LogP contribution in [0.25, 0.3) is 0 Å². The Balaban J connectivity index is 1.69. The van der Waals surface area contributed by atoms with Crippen molar-refractivity contribution in [2.75, 3.05) is 6.54 Å². The van der Waals surface area contributed by atoms with E-state index in [0.29, 0.717) is 0 Å². The lowest BCUT2D eigenvalue weighted by molar-refractivity contribution is 0.329. The number of hydrogen-bond acceptors (Lipinski definition) is 1. The van der Waals surface area contributed by atoms with E-state index in [1.165, 1.54) is 57.9 Å². The fourth-order valence-electron chi connectivity index (χ4n) is 2.77. The van der Waals surface area contributed by atoms with Gasteiger partial charge in [-0.25, -0.2) is 0 Å². The average molecular weight is 167 g/mol. The normalized spacial score (nSPS) is 32.5. The highest BCUT2D eigenvalue weighted by Gasteiger charge is 2.20. The van der Waals surface area contributed by atoms with Crippen molar-refractivity contribution >= 4 is 0 Å². The summed E-state index contributed by atoms with van der Waals surface area (Å²) in [7, 11) is 0. The molecule has 0 radical (unpaired) electrons. The molecule has 0 aromatic carbocycles. The summed E-state index contributed by atoms with van der Waals surface area (Å²) >= 11 is 0. The Labute approximate surface area is 75.9 Å². The Bertz CT molecular complexity index is 121. The second-order valence-corrected chi connectivity index (χ2v) is 4.53. The van der Waals surface area contributed by atoms with Gasteiger partial charge in [-0.05, 0) is 31.7 Å². The monoisotopic (exact) mass is 167 g/mol. The number of rotatable bonds is 2. The number of nitrogens with one attached hydrogen (secondary N) is 1. The molecular weight excluding hydrogens is 146 g/mol. The smallest absolute Gasteiger partial charge is 0.00697 e. The Morgan fingerprint density at radius 2 is 1.67 bits per heavy atom. The molecule has 0 amide bonds. The lowest BCUT2D eigenvalue weighted by Gasteiger charge is -2.25. The van der Waals surface area contributed by atoms with Crippen LogP contribution < -0.4 is 5.32 Å². The van der Waals surface area contributed by atoms with Crippen molar-refractivity contribution in [1.29, 1.82) is 0 Å². The van der Waals surface area contributed by atoms with Crippen LogP contribution in [0.4, 0.5) is 0 Å². The second-order valence-electron chi connectivity index (χ2n) is 4.53.